The summed E-state index contributed by atoms with van der Waals surface area (Å²) < 4.78 is 38.6. The van der Waals surface area contributed by atoms with Gasteiger partial charge >= 0.3 is 0 Å². The molecular formula is C30H34F2N4O6. The molecule has 1 saturated heterocycles. The highest BCUT2D eigenvalue weighted by molar-refractivity contribution is 6.02. The highest BCUT2D eigenvalue weighted by Crippen LogP contribution is 2.26. The van der Waals surface area contributed by atoms with Gasteiger partial charge in [0.15, 0.2) is 23.2 Å². The molecule has 42 heavy (non-hydrogen) atoms. The maximum Gasteiger partial charge on any atom is 0.268 e. The standard InChI is InChI=1S/C30H34F2N4O6/c1-16(2)12-23(36-30(40)24-14-18-21(34-24)8-5-9-26(18)41-3)29(39)35-22(13-17-10-11-33-28(17)38)25(37)15-42-27-19(31)6-4-7-20(27)32/h4-9,14,16-17,22-23,34H,10-13,15H2,1-3H3,(H,33,38)(H,35,39)(H,36,40)/t17-,22?,23?/m0/s1. The van der Waals surface area contributed by atoms with Crippen LogP contribution in [0.15, 0.2) is 42.5 Å². The second-order valence-corrected chi connectivity index (χ2v) is 10.6. The maximum absolute atomic E-state index is 14.0. The molecule has 1 aliphatic rings. The van der Waals surface area contributed by atoms with Gasteiger partial charge in [-0.15, -0.1) is 0 Å². The highest BCUT2D eigenvalue weighted by Gasteiger charge is 2.34. The van der Waals surface area contributed by atoms with Gasteiger partial charge in [0.25, 0.3) is 5.91 Å². The Hall–Kier alpha value is -4.48. The molecule has 0 spiro atoms. The number of hydrogen-bond acceptors (Lipinski definition) is 6. The summed E-state index contributed by atoms with van der Waals surface area (Å²) in [5.41, 5.74) is 0.891. The molecule has 2 heterocycles. The van der Waals surface area contributed by atoms with Gasteiger partial charge in [0.05, 0.1) is 13.2 Å². The summed E-state index contributed by atoms with van der Waals surface area (Å²) in [4.78, 5) is 55.2. The number of ketones is 1. The number of nitrogens with one attached hydrogen (secondary N) is 4. The number of rotatable bonds is 13. The van der Waals surface area contributed by atoms with E-state index in [0.29, 0.717) is 29.6 Å². The first-order valence-electron chi connectivity index (χ1n) is 13.7. The number of para-hydroxylation sites is 1. The van der Waals surface area contributed by atoms with Crippen LogP contribution < -0.4 is 25.4 Å². The van der Waals surface area contributed by atoms with E-state index in [2.05, 4.69) is 20.9 Å². The van der Waals surface area contributed by atoms with Gasteiger partial charge in [-0.25, -0.2) is 8.78 Å². The van der Waals surface area contributed by atoms with Crippen molar-refractivity contribution >= 4 is 34.4 Å². The SMILES string of the molecule is COc1cccc2[nH]c(C(=O)NC(CC(C)C)C(=O)NC(C[C@@H]3CCNC3=O)C(=O)COc3c(F)cccc3F)cc12. The number of aromatic nitrogens is 1. The van der Waals surface area contributed by atoms with Crippen LogP contribution in [0.3, 0.4) is 0 Å². The Kier molecular flexibility index (Phi) is 9.76. The van der Waals surface area contributed by atoms with Crippen molar-refractivity contribution < 1.29 is 37.4 Å². The lowest BCUT2D eigenvalue weighted by molar-refractivity contribution is -0.131. The Labute approximate surface area is 241 Å². The number of fused-ring (bicyclic) bond motifs is 1. The molecule has 4 rings (SSSR count). The molecule has 0 saturated carbocycles. The monoisotopic (exact) mass is 584 g/mol. The van der Waals surface area contributed by atoms with Crippen molar-refractivity contribution in [2.24, 2.45) is 11.8 Å². The molecule has 1 fully saturated rings. The van der Waals surface area contributed by atoms with Crippen molar-refractivity contribution in [3.8, 4) is 11.5 Å². The predicted octanol–water partition coefficient (Wildman–Crippen LogP) is 3.26. The molecule has 0 bridgehead atoms. The van der Waals surface area contributed by atoms with E-state index in [1.165, 1.54) is 7.11 Å². The first-order valence-corrected chi connectivity index (χ1v) is 13.7. The zero-order valence-electron chi connectivity index (χ0n) is 23.6. The van der Waals surface area contributed by atoms with Gasteiger partial charge in [-0.1, -0.05) is 26.0 Å². The first kappa shape index (κ1) is 30.5. The van der Waals surface area contributed by atoms with Crippen molar-refractivity contribution in [3.63, 3.8) is 0 Å². The quantitative estimate of drug-likeness (QED) is 0.243. The van der Waals surface area contributed by atoms with Gasteiger partial charge in [-0.3, -0.25) is 19.2 Å². The number of amides is 3. The first-order chi connectivity index (χ1) is 20.1. The van der Waals surface area contributed by atoms with Crippen molar-refractivity contribution in [1.82, 2.24) is 20.9 Å². The Balaban J connectivity index is 1.51. The van der Waals surface area contributed by atoms with E-state index in [9.17, 15) is 28.0 Å². The Bertz CT molecular complexity index is 1450. The van der Waals surface area contributed by atoms with E-state index in [4.69, 9.17) is 9.47 Å². The smallest absolute Gasteiger partial charge is 0.268 e. The van der Waals surface area contributed by atoms with Gasteiger partial charge in [0.2, 0.25) is 11.8 Å². The lowest BCUT2D eigenvalue weighted by Gasteiger charge is -2.25. The maximum atomic E-state index is 14.0. The Morgan fingerprint density at radius 3 is 2.40 bits per heavy atom. The molecule has 1 aliphatic heterocycles. The minimum atomic E-state index is -1.20. The lowest BCUT2D eigenvalue weighted by atomic mass is 9.95. The fraction of sp³-hybridized carbons (Fsp3) is 0.400. The van der Waals surface area contributed by atoms with E-state index in [1.54, 1.807) is 24.3 Å². The number of H-pyrrole nitrogens is 1. The molecule has 3 atom stereocenters. The van der Waals surface area contributed by atoms with E-state index >= 15 is 0 Å². The lowest BCUT2D eigenvalue weighted by Crippen LogP contribution is -2.53. The number of halogens is 2. The van der Waals surface area contributed by atoms with Crippen LogP contribution >= 0.6 is 0 Å². The van der Waals surface area contributed by atoms with E-state index in [1.807, 2.05) is 13.8 Å². The zero-order valence-corrected chi connectivity index (χ0v) is 23.6. The molecule has 0 radical (unpaired) electrons. The third kappa shape index (κ3) is 7.23. The van der Waals surface area contributed by atoms with Crippen LogP contribution in [0, 0.1) is 23.5 Å². The fourth-order valence-electron chi connectivity index (χ4n) is 4.93. The van der Waals surface area contributed by atoms with Gasteiger partial charge in [-0.05, 0) is 55.5 Å². The second kappa shape index (κ2) is 13.5. The number of carbonyl (C=O) groups excluding carboxylic acids is 4. The Morgan fingerprint density at radius 1 is 1.05 bits per heavy atom. The second-order valence-electron chi connectivity index (χ2n) is 10.6. The molecule has 2 aromatic carbocycles. The molecule has 3 amide bonds. The number of carbonyl (C=O) groups is 4. The number of ether oxygens (including phenoxy) is 2. The fourth-order valence-corrected chi connectivity index (χ4v) is 4.93. The molecule has 224 valence electrons. The number of methoxy groups -OCH3 is 1. The van der Waals surface area contributed by atoms with Crippen LogP contribution in [0.2, 0.25) is 0 Å². The summed E-state index contributed by atoms with van der Waals surface area (Å²) >= 11 is 0. The molecule has 1 aromatic heterocycles. The predicted molar refractivity (Wildman–Crippen MR) is 150 cm³/mol. The van der Waals surface area contributed by atoms with Crippen LogP contribution in [-0.2, 0) is 14.4 Å². The van der Waals surface area contributed by atoms with Crippen LogP contribution in [0.5, 0.6) is 11.5 Å². The largest absolute Gasteiger partial charge is 0.496 e. The third-order valence-corrected chi connectivity index (χ3v) is 7.08. The highest BCUT2D eigenvalue weighted by atomic mass is 19.1. The van der Waals surface area contributed by atoms with Gasteiger partial charge in [0.1, 0.15) is 24.1 Å². The van der Waals surface area contributed by atoms with Crippen LogP contribution in [0.1, 0.15) is 43.6 Å². The van der Waals surface area contributed by atoms with Crippen molar-refractivity contribution in [2.45, 2.75) is 45.2 Å². The van der Waals surface area contributed by atoms with Gasteiger partial charge in [-0.2, -0.15) is 0 Å². The summed E-state index contributed by atoms with van der Waals surface area (Å²) in [6, 6.07) is 7.88. The average Bonchev–Trinajstić information content (AvgIpc) is 3.57. The topological polar surface area (TPSA) is 139 Å². The molecule has 0 aliphatic carbocycles. The summed E-state index contributed by atoms with van der Waals surface area (Å²) in [5.74, 6) is -4.77. The molecule has 12 heteroatoms. The third-order valence-electron chi connectivity index (χ3n) is 7.08. The van der Waals surface area contributed by atoms with E-state index in [0.717, 1.165) is 18.2 Å². The summed E-state index contributed by atoms with van der Waals surface area (Å²) in [7, 11) is 1.52. The summed E-state index contributed by atoms with van der Waals surface area (Å²) in [5, 5.41) is 8.78. The molecule has 4 N–H and O–H groups in total. The van der Waals surface area contributed by atoms with Crippen molar-refractivity contribution in [1.29, 1.82) is 0 Å². The average molecular weight is 585 g/mol. The molecule has 10 nitrogen and oxygen atoms in total. The van der Waals surface area contributed by atoms with Gasteiger partial charge < -0.3 is 30.4 Å². The van der Waals surface area contributed by atoms with Crippen LogP contribution in [-0.4, -0.2) is 60.8 Å². The van der Waals surface area contributed by atoms with Crippen molar-refractivity contribution in [3.05, 3.63) is 59.8 Å². The minimum absolute atomic E-state index is 0.00835. The number of Topliss-reactive ketones (excluding diaryl/α,β-unsaturated/α-hetero) is 1. The Morgan fingerprint density at radius 2 is 1.76 bits per heavy atom. The van der Waals surface area contributed by atoms with E-state index in [-0.39, 0.29) is 30.4 Å². The summed E-state index contributed by atoms with van der Waals surface area (Å²) in [6.07, 6.45) is 0.670. The van der Waals surface area contributed by atoms with E-state index < -0.39 is 59.6 Å². The van der Waals surface area contributed by atoms with Crippen LogP contribution in [0.4, 0.5) is 8.78 Å². The van der Waals surface area contributed by atoms with Gasteiger partial charge in [0, 0.05) is 23.4 Å². The van der Waals surface area contributed by atoms with Crippen molar-refractivity contribution in [2.75, 3.05) is 20.3 Å². The molecule has 3 aromatic rings. The summed E-state index contributed by atoms with van der Waals surface area (Å²) in [6.45, 7) is 3.44. The number of hydrogen-bond donors (Lipinski definition) is 4. The number of aromatic amines is 1. The normalized spacial score (nSPS) is 16.1. The minimum Gasteiger partial charge on any atom is -0.496 e. The molecule has 2 unspecified atom stereocenters. The zero-order chi connectivity index (χ0) is 30.4. The molecular weight excluding hydrogens is 550 g/mol. The van der Waals surface area contributed by atoms with Crippen LogP contribution in [0.25, 0.3) is 10.9 Å². The number of benzene rings is 2.